The molecule has 1 heterocycles. The molecule has 4 heteroatoms. The van der Waals surface area contributed by atoms with E-state index in [2.05, 4.69) is 5.32 Å². The van der Waals surface area contributed by atoms with Crippen molar-refractivity contribution >= 4 is 17.4 Å². The molecule has 0 unspecified atom stereocenters. The van der Waals surface area contributed by atoms with Gasteiger partial charge in [0.15, 0.2) is 5.76 Å². The Morgan fingerprint density at radius 2 is 1.78 bits per heavy atom. The second-order valence-corrected chi connectivity index (χ2v) is 4.02. The second-order valence-electron chi connectivity index (χ2n) is 4.02. The first-order valence-corrected chi connectivity index (χ1v) is 5.54. The fourth-order valence-electron chi connectivity index (χ4n) is 1.64. The summed E-state index contributed by atoms with van der Waals surface area (Å²) in [4.78, 5) is 23.0. The molecule has 0 bridgehead atoms. The van der Waals surface area contributed by atoms with Crippen LogP contribution in [0.2, 0.25) is 0 Å². The molecule has 0 aliphatic rings. The third kappa shape index (κ3) is 2.48. The van der Waals surface area contributed by atoms with Crippen LogP contribution in [-0.4, -0.2) is 11.7 Å². The SMILES string of the molecule is CC(=O)Nc1ccc(C(=O)c2occc2C)cc1. The standard InChI is InChI=1S/C14H13NO3/c1-9-7-8-18-14(9)13(17)11-3-5-12(6-4-11)15-10(2)16/h3-8H,1-2H3,(H,15,16). The van der Waals surface area contributed by atoms with Crippen molar-refractivity contribution in [2.75, 3.05) is 5.32 Å². The van der Waals surface area contributed by atoms with Crippen LogP contribution < -0.4 is 5.32 Å². The molecule has 0 saturated carbocycles. The summed E-state index contributed by atoms with van der Waals surface area (Å²) in [6.45, 7) is 3.26. The number of amides is 1. The van der Waals surface area contributed by atoms with E-state index in [4.69, 9.17) is 4.42 Å². The van der Waals surface area contributed by atoms with Crippen LogP contribution in [0.15, 0.2) is 41.0 Å². The lowest BCUT2D eigenvalue weighted by Gasteiger charge is -2.03. The Hall–Kier alpha value is -2.36. The van der Waals surface area contributed by atoms with Gasteiger partial charge in [0.05, 0.1) is 6.26 Å². The summed E-state index contributed by atoms with van der Waals surface area (Å²) in [6.07, 6.45) is 1.49. The third-order valence-electron chi connectivity index (χ3n) is 2.54. The highest BCUT2D eigenvalue weighted by Gasteiger charge is 2.14. The number of carbonyl (C=O) groups excluding carboxylic acids is 2. The zero-order valence-corrected chi connectivity index (χ0v) is 10.2. The summed E-state index contributed by atoms with van der Waals surface area (Å²) >= 11 is 0. The Bertz CT molecular complexity index is 581. The van der Waals surface area contributed by atoms with Gasteiger partial charge in [0.2, 0.25) is 11.7 Å². The van der Waals surface area contributed by atoms with Crippen LogP contribution in [-0.2, 0) is 4.79 Å². The van der Waals surface area contributed by atoms with Gasteiger partial charge in [0.1, 0.15) is 0 Å². The van der Waals surface area contributed by atoms with Crippen LogP contribution >= 0.6 is 0 Å². The van der Waals surface area contributed by atoms with Crippen molar-refractivity contribution in [2.24, 2.45) is 0 Å². The number of carbonyl (C=O) groups is 2. The van der Waals surface area contributed by atoms with E-state index < -0.39 is 0 Å². The van der Waals surface area contributed by atoms with Gasteiger partial charge in [-0.05, 0) is 42.8 Å². The molecule has 18 heavy (non-hydrogen) atoms. The molecule has 0 spiro atoms. The van der Waals surface area contributed by atoms with Gasteiger partial charge in [-0.2, -0.15) is 0 Å². The number of rotatable bonds is 3. The van der Waals surface area contributed by atoms with Crippen molar-refractivity contribution < 1.29 is 14.0 Å². The molecule has 0 saturated heterocycles. The third-order valence-corrected chi connectivity index (χ3v) is 2.54. The second kappa shape index (κ2) is 4.87. The fraction of sp³-hybridized carbons (Fsp3) is 0.143. The maximum Gasteiger partial charge on any atom is 0.228 e. The molecule has 4 nitrogen and oxygen atoms in total. The Balaban J connectivity index is 2.22. The Kier molecular flexibility index (Phi) is 3.28. The first kappa shape index (κ1) is 12.1. The summed E-state index contributed by atoms with van der Waals surface area (Å²) < 4.78 is 5.16. The topological polar surface area (TPSA) is 59.3 Å². The Labute approximate surface area is 105 Å². The van der Waals surface area contributed by atoms with Gasteiger partial charge in [-0.1, -0.05) is 0 Å². The van der Waals surface area contributed by atoms with Crippen molar-refractivity contribution in [2.45, 2.75) is 13.8 Å². The zero-order valence-electron chi connectivity index (χ0n) is 10.2. The van der Waals surface area contributed by atoms with Crippen molar-refractivity contribution in [3.63, 3.8) is 0 Å². The highest BCUT2D eigenvalue weighted by Crippen LogP contribution is 2.17. The Morgan fingerprint density at radius 3 is 2.28 bits per heavy atom. The first-order valence-electron chi connectivity index (χ1n) is 5.54. The number of hydrogen-bond acceptors (Lipinski definition) is 3. The minimum absolute atomic E-state index is 0.143. The van der Waals surface area contributed by atoms with Crippen LogP contribution in [0.1, 0.15) is 28.6 Å². The molecule has 0 fully saturated rings. The summed E-state index contributed by atoms with van der Waals surface area (Å²) in [5.74, 6) is 0.0464. The maximum absolute atomic E-state index is 12.1. The van der Waals surface area contributed by atoms with Gasteiger partial charge >= 0.3 is 0 Å². The highest BCUT2D eigenvalue weighted by atomic mass is 16.3. The van der Waals surface area contributed by atoms with Crippen molar-refractivity contribution in [1.82, 2.24) is 0 Å². The highest BCUT2D eigenvalue weighted by molar-refractivity contribution is 6.08. The van der Waals surface area contributed by atoms with Gasteiger partial charge in [0.25, 0.3) is 0 Å². The quantitative estimate of drug-likeness (QED) is 0.843. The molecule has 2 rings (SSSR count). The van der Waals surface area contributed by atoms with E-state index in [1.807, 2.05) is 6.92 Å². The molecule has 0 radical (unpaired) electrons. The van der Waals surface area contributed by atoms with E-state index in [9.17, 15) is 9.59 Å². The average Bonchev–Trinajstić information content (AvgIpc) is 2.75. The fourth-order valence-corrected chi connectivity index (χ4v) is 1.64. The molecule has 2 aromatic rings. The zero-order chi connectivity index (χ0) is 13.1. The van der Waals surface area contributed by atoms with Crippen LogP contribution in [0.4, 0.5) is 5.69 Å². The van der Waals surface area contributed by atoms with Crippen molar-refractivity contribution in [3.8, 4) is 0 Å². The average molecular weight is 243 g/mol. The summed E-state index contributed by atoms with van der Waals surface area (Å²) in [6, 6.07) is 8.45. The minimum Gasteiger partial charge on any atom is -0.461 e. The summed E-state index contributed by atoms with van der Waals surface area (Å²) in [5, 5.41) is 2.64. The predicted octanol–water partition coefficient (Wildman–Crippen LogP) is 2.78. The monoisotopic (exact) mass is 243 g/mol. The summed E-state index contributed by atoms with van der Waals surface area (Å²) in [7, 11) is 0. The van der Waals surface area contributed by atoms with Gasteiger partial charge in [-0.15, -0.1) is 0 Å². The van der Waals surface area contributed by atoms with E-state index in [1.165, 1.54) is 13.2 Å². The van der Waals surface area contributed by atoms with E-state index >= 15 is 0 Å². The smallest absolute Gasteiger partial charge is 0.228 e. The lowest BCUT2D eigenvalue weighted by Crippen LogP contribution is -2.06. The number of hydrogen-bond donors (Lipinski definition) is 1. The molecular formula is C14H13NO3. The van der Waals surface area contributed by atoms with Crippen molar-refractivity contribution in [3.05, 3.63) is 53.5 Å². The normalized spacial score (nSPS) is 10.1. The lowest BCUT2D eigenvalue weighted by molar-refractivity contribution is -0.114. The lowest BCUT2D eigenvalue weighted by atomic mass is 10.1. The van der Waals surface area contributed by atoms with Gasteiger partial charge in [0, 0.05) is 18.2 Å². The molecular weight excluding hydrogens is 230 g/mol. The van der Waals surface area contributed by atoms with Crippen LogP contribution in [0.5, 0.6) is 0 Å². The molecule has 92 valence electrons. The van der Waals surface area contributed by atoms with Gasteiger partial charge in [-0.3, -0.25) is 9.59 Å². The van der Waals surface area contributed by atoms with Crippen LogP contribution in [0.25, 0.3) is 0 Å². The predicted molar refractivity (Wildman–Crippen MR) is 67.6 cm³/mol. The number of aryl methyl sites for hydroxylation is 1. The van der Waals surface area contributed by atoms with Crippen LogP contribution in [0.3, 0.4) is 0 Å². The number of nitrogens with one attached hydrogen (secondary N) is 1. The summed E-state index contributed by atoms with van der Waals surface area (Å²) in [5.41, 5.74) is 2.00. The molecule has 0 aliphatic heterocycles. The first-order chi connectivity index (χ1) is 8.58. The minimum atomic E-state index is -0.160. The van der Waals surface area contributed by atoms with Crippen molar-refractivity contribution in [1.29, 1.82) is 0 Å². The maximum atomic E-state index is 12.1. The number of benzene rings is 1. The van der Waals surface area contributed by atoms with Crippen LogP contribution in [0, 0.1) is 6.92 Å². The van der Waals surface area contributed by atoms with E-state index in [-0.39, 0.29) is 11.7 Å². The van der Waals surface area contributed by atoms with E-state index in [0.717, 1.165) is 5.56 Å². The molecule has 0 atom stereocenters. The molecule has 1 N–H and O–H groups in total. The Morgan fingerprint density at radius 1 is 1.11 bits per heavy atom. The largest absolute Gasteiger partial charge is 0.461 e. The number of anilines is 1. The number of ketones is 1. The molecule has 1 aromatic heterocycles. The van der Waals surface area contributed by atoms with E-state index in [0.29, 0.717) is 17.0 Å². The van der Waals surface area contributed by atoms with Gasteiger partial charge < -0.3 is 9.73 Å². The molecule has 1 amide bonds. The molecule has 0 aliphatic carbocycles. The van der Waals surface area contributed by atoms with Gasteiger partial charge in [-0.25, -0.2) is 0 Å². The molecule has 1 aromatic carbocycles. The van der Waals surface area contributed by atoms with E-state index in [1.54, 1.807) is 30.3 Å². The number of furan rings is 1.